The Morgan fingerprint density at radius 3 is 2.38 bits per heavy atom. The zero-order valence-corrected chi connectivity index (χ0v) is 14.5. The highest BCUT2D eigenvalue weighted by Crippen LogP contribution is 2.28. The van der Waals surface area contributed by atoms with Gasteiger partial charge in [-0.15, -0.1) is 0 Å². The second-order valence-corrected chi connectivity index (χ2v) is 6.75. The second kappa shape index (κ2) is 7.77. The molecule has 0 heterocycles. The third-order valence-corrected chi connectivity index (χ3v) is 4.34. The van der Waals surface area contributed by atoms with Crippen LogP contribution in [0.25, 0.3) is 0 Å². The molecule has 1 aliphatic rings. The number of carbonyl (C=O) groups is 1. The van der Waals surface area contributed by atoms with Crippen LogP contribution in [0.1, 0.15) is 18.4 Å². The first kappa shape index (κ1) is 16.9. The van der Waals surface area contributed by atoms with Crippen molar-refractivity contribution in [3.05, 3.63) is 64.1 Å². The van der Waals surface area contributed by atoms with Crippen LogP contribution in [0.2, 0.25) is 10.0 Å². The lowest BCUT2D eigenvalue weighted by Gasteiger charge is -2.36. The number of amides is 1. The van der Waals surface area contributed by atoms with Gasteiger partial charge < -0.3 is 15.4 Å². The summed E-state index contributed by atoms with van der Waals surface area (Å²) in [5.74, 6) is 0. The van der Waals surface area contributed by atoms with Gasteiger partial charge in [-0.3, -0.25) is 0 Å². The van der Waals surface area contributed by atoms with E-state index in [0.29, 0.717) is 16.1 Å². The number of ether oxygens (including phenoxy) is 1. The van der Waals surface area contributed by atoms with Gasteiger partial charge in [0, 0.05) is 27.8 Å². The predicted octanol–water partition coefficient (Wildman–Crippen LogP) is 4.86. The van der Waals surface area contributed by atoms with Crippen molar-refractivity contribution in [3.63, 3.8) is 0 Å². The van der Waals surface area contributed by atoms with Gasteiger partial charge in [0.1, 0.15) is 6.61 Å². The van der Waals surface area contributed by atoms with Gasteiger partial charge in [0.15, 0.2) is 0 Å². The summed E-state index contributed by atoms with van der Waals surface area (Å²) in [4.78, 5) is 11.8. The number of halogens is 2. The Balaban J connectivity index is 1.38. The Morgan fingerprint density at radius 2 is 1.71 bits per heavy atom. The number of alkyl carbamates (subject to hydrolysis) is 1. The third-order valence-electron chi connectivity index (χ3n) is 3.91. The minimum atomic E-state index is -0.381. The Labute approximate surface area is 151 Å². The fourth-order valence-electron chi connectivity index (χ4n) is 2.66. The van der Waals surface area contributed by atoms with Crippen LogP contribution < -0.4 is 10.6 Å². The van der Waals surface area contributed by atoms with E-state index in [1.165, 1.54) is 0 Å². The van der Waals surface area contributed by atoms with E-state index in [-0.39, 0.29) is 18.7 Å². The highest BCUT2D eigenvalue weighted by Gasteiger charge is 2.30. The van der Waals surface area contributed by atoms with Gasteiger partial charge in [0.05, 0.1) is 0 Å². The van der Waals surface area contributed by atoms with Gasteiger partial charge in [-0.25, -0.2) is 4.79 Å². The molecule has 6 heteroatoms. The second-order valence-electron chi connectivity index (χ2n) is 5.87. The van der Waals surface area contributed by atoms with Crippen molar-refractivity contribution in [1.29, 1.82) is 0 Å². The summed E-state index contributed by atoms with van der Waals surface area (Å²) < 4.78 is 5.21. The summed E-state index contributed by atoms with van der Waals surface area (Å²) >= 11 is 12.0. The molecule has 0 saturated heterocycles. The average Bonchev–Trinajstić information content (AvgIpc) is 2.51. The minimum Gasteiger partial charge on any atom is -0.445 e. The van der Waals surface area contributed by atoms with E-state index < -0.39 is 0 Å². The first-order valence-corrected chi connectivity index (χ1v) is 8.54. The van der Waals surface area contributed by atoms with Gasteiger partial charge in [-0.1, -0.05) is 53.5 Å². The van der Waals surface area contributed by atoms with Crippen LogP contribution >= 0.6 is 23.2 Å². The van der Waals surface area contributed by atoms with Crippen LogP contribution in [0, 0.1) is 0 Å². The first-order chi connectivity index (χ1) is 11.6. The Bertz CT molecular complexity index is 683. The summed E-state index contributed by atoms with van der Waals surface area (Å²) in [6.07, 6.45) is 1.29. The van der Waals surface area contributed by atoms with Crippen LogP contribution in [0.15, 0.2) is 48.5 Å². The molecule has 0 aliphatic heterocycles. The van der Waals surface area contributed by atoms with Crippen molar-refractivity contribution >= 4 is 35.0 Å². The molecule has 1 fully saturated rings. The van der Waals surface area contributed by atoms with Gasteiger partial charge >= 0.3 is 6.09 Å². The number of rotatable bonds is 5. The highest BCUT2D eigenvalue weighted by atomic mass is 35.5. The quantitative estimate of drug-likeness (QED) is 0.795. The summed E-state index contributed by atoms with van der Waals surface area (Å²) in [6, 6.07) is 15.4. The summed E-state index contributed by atoms with van der Waals surface area (Å²) in [7, 11) is 0. The Morgan fingerprint density at radius 1 is 1.04 bits per heavy atom. The normalized spacial score (nSPS) is 19.2. The summed E-state index contributed by atoms with van der Waals surface area (Å²) in [6.45, 7) is 0.280. The minimum absolute atomic E-state index is 0.125. The number of carbonyl (C=O) groups excluding carboxylic acids is 1. The van der Waals surface area contributed by atoms with E-state index in [0.717, 1.165) is 24.1 Å². The van der Waals surface area contributed by atoms with Crippen LogP contribution in [0.3, 0.4) is 0 Å². The molecular weight excluding hydrogens is 347 g/mol. The SMILES string of the molecule is O=C(NC1CC(Nc2cc(Cl)cc(Cl)c2)C1)OCc1ccccc1. The topological polar surface area (TPSA) is 50.4 Å². The van der Waals surface area contributed by atoms with Gasteiger partial charge in [0.25, 0.3) is 0 Å². The highest BCUT2D eigenvalue weighted by molar-refractivity contribution is 6.35. The monoisotopic (exact) mass is 364 g/mol. The van der Waals surface area contributed by atoms with E-state index in [4.69, 9.17) is 27.9 Å². The van der Waals surface area contributed by atoms with E-state index in [2.05, 4.69) is 10.6 Å². The van der Waals surface area contributed by atoms with Crippen LogP contribution in [-0.4, -0.2) is 18.2 Å². The summed E-state index contributed by atoms with van der Waals surface area (Å²) in [5.41, 5.74) is 1.86. The van der Waals surface area contributed by atoms with Crippen molar-refractivity contribution in [3.8, 4) is 0 Å². The van der Waals surface area contributed by atoms with Crippen molar-refractivity contribution in [1.82, 2.24) is 5.32 Å². The lowest BCUT2D eigenvalue weighted by atomic mass is 9.86. The number of benzene rings is 2. The maximum atomic E-state index is 11.8. The molecule has 24 heavy (non-hydrogen) atoms. The Hall–Kier alpha value is -1.91. The molecule has 0 spiro atoms. The molecule has 1 amide bonds. The van der Waals surface area contributed by atoms with Crippen LogP contribution in [-0.2, 0) is 11.3 Å². The zero-order chi connectivity index (χ0) is 16.9. The fraction of sp³-hybridized carbons (Fsp3) is 0.278. The molecule has 126 valence electrons. The fourth-order valence-corrected chi connectivity index (χ4v) is 3.18. The standard InChI is InChI=1S/C18H18Cl2N2O2/c19-13-6-14(20)8-15(7-13)21-16-9-17(10-16)22-18(23)24-11-12-4-2-1-3-5-12/h1-8,16-17,21H,9-11H2,(H,22,23). The molecule has 0 unspecified atom stereocenters. The molecule has 1 saturated carbocycles. The third kappa shape index (κ3) is 4.79. The van der Waals surface area contributed by atoms with Crippen molar-refractivity contribution in [2.75, 3.05) is 5.32 Å². The molecule has 0 aromatic heterocycles. The van der Waals surface area contributed by atoms with Crippen molar-refractivity contribution < 1.29 is 9.53 Å². The summed E-state index contributed by atoms with van der Waals surface area (Å²) in [5, 5.41) is 7.43. The average molecular weight is 365 g/mol. The maximum absolute atomic E-state index is 11.8. The molecule has 0 radical (unpaired) electrons. The lowest BCUT2D eigenvalue weighted by Crippen LogP contribution is -2.49. The number of nitrogens with one attached hydrogen (secondary N) is 2. The van der Waals surface area contributed by atoms with Crippen LogP contribution in [0.5, 0.6) is 0 Å². The number of anilines is 1. The van der Waals surface area contributed by atoms with Crippen LogP contribution in [0.4, 0.5) is 10.5 Å². The van der Waals surface area contributed by atoms with Gasteiger partial charge in [-0.05, 0) is 36.6 Å². The Kier molecular flexibility index (Phi) is 5.48. The molecule has 2 N–H and O–H groups in total. The molecule has 0 bridgehead atoms. The van der Waals surface area contributed by atoms with E-state index >= 15 is 0 Å². The molecule has 4 nitrogen and oxygen atoms in total. The smallest absolute Gasteiger partial charge is 0.407 e. The molecular formula is C18H18Cl2N2O2. The lowest BCUT2D eigenvalue weighted by molar-refractivity contribution is 0.129. The van der Waals surface area contributed by atoms with Gasteiger partial charge in [0.2, 0.25) is 0 Å². The zero-order valence-electron chi connectivity index (χ0n) is 13.0. The van der Waals surface area contributed by atoms with Crippen molar-refractivity contribution in [2.45, 2.75) is 31.5 Å². The first-order valence-electron chi connectivity index (χ1n) is 7.78. The molecule has 2 aromatic carbocycles. The van der Waals surface area contributed by atoms with Gasteiger partial charge in [-0.2, -0.15) is 0 Å². The van der Waals surface area contributed by atoms with Crippen molar-refractivity contribution in [2.24, 2.45) is 0 Å². The molecule has 0 atom stereocenters. The van der Waals surface area contributed by atoms with E-state index in [1.54, 1.807) is 6.07 Å². The van der Waals surface area contributed by atoms with E-state index in [1.807, 2.05) is 42.5 Å². The van der Waals surface area contributed by atoms with E-state index in [9.17, 15) is 4.79 Å². The predicted molar refractivity (Wildman–Crippen MR) is 96.7 cm³/mol. The molecule has 2 aromatic rings. The number of hydrogen-bond donors (Lipinski definition) is 2. The molecule has 1 aliphatic carbocycles. The number of hydrogen-bond acceptors (Lipinski definition) is 3. The maximum Gasteiger partial charge on any atom is 0.407 e. The molecule has 3 rings (SSSR count). The largest absolute Gasteiger partial charge is 0.445 e.